The van der Waals surface area contributed by atoms with Gasteiger partial charge >= 0.3 is 0 Å². The summed E-state index contributed by atoms with van der Waals surface area (Å²) in [6, 6.07) is -3.77. The molecule has 266 valence electrons. The third-order valence-corrected chi connectivity index (χ3v) is 8.36. The molecule has 3 rings (SSSR count). The predicted molar refractivity (Wildman–Crippen MR) is 153 cm³/mol. The molecule has 0 aromatic rings. The van der Waals surface area contributed by atoms with E-state index in [2.05, 4.69) is 0 Å². The van der Waals surface area contributed by atoms with E-state index < -0.39 is 110 Å². The van der Waals surface area contributed by atoms with Crippen LogP contribution in [-0.4, -0.2) is 186 Å². The van der Waals surface area contributed by atoms with Crippen LogP contribution in [0.25, 0.3) is 0 Å². The van der Waals surface area contributed by atoms with Crippen LogP contribution in [-0.2, 0) is 33.2 Å². The molecule has 1 saturated carbocycles. The van der Waals surface area contributed by atoms with Crippen LogP contribution in [0, 0.1) is 0 Å². The van der Waals surface area contributed by atoms with Gasteiger partial charge in [0, 0.05) is 25.2 Å². The molecule has 3 aliphatic rings. The minimum atomic E-state index is -1.40. The van der Waals surface area contributed by atoms with Gasteiger partial charge in [0.2, 0.25) is 0 Å². The molecule has 3 fully saturated rings. The van der Waals surface area contributed by atoms with E-state index in [-0.39, 0.29) is 46.0 Å². The lowest BCUT2D eigenvalue weighted by atomic mass is 9.84. The van der Waals surface area contributed by atoms with Crippen LogP contribution < -0.4 is 28.7 Å². The van der Waals surface area contributed by atoms with Crippen molar-refractivity contribution < 1.29 is 68.9 Å². The molecule has 0 aromatic carbocycles. The van der Waals surface area contributed by atoms with Gasteiger partial charge in [0.05, 0.1) is 57.3 Å². The second kappa shape index (κ2) is 18.1. The van der Waals surface area contributed by atoms with Gasteiger partial charge in [-0.15, -0.1) is 0 Å². The number of rotatable bonds is 16. The first-order valence-corrected chi connectivity index (χ1v) is 15.2. The van der Waals surface area contributed by atoms with Crippen molar-refractivity contribution >= 4 is 0 Å². The molecule has 0 spiro atoms. The molecular formula is C26H53N5O14. The average Bonchev–Trinajstić information content (AvgIpc) is 3.02. The highest BCUT2D eigenvalue weighted by molar-refractivity contribution is 5.00. The van der Waals surface area contributed by atoms with Crippen molar-refractivity contribution in [2.75, 3.05) is 46.2 Å². The Bertz CT molecular complexity index is 854. The Kier molecular flexibility index (Phi) is 15.6. The Labute approximate surface area is 261 Å². The van der Waals surface area contributed by atoms with E-state index in [0.717, 1.165) is 0 Å². The Morgan fingerprint density at radius 2 is 1.42 bits per heavy atom. The normalized spacial score (nSPS) is 44.1. The third kappa shape index (κ3) is 9.44. The molecular weight excluding hydrogens is 606 g/mol. The molecule has 2 aliphatic heterocycles. The van der Waals surface area contributed by atoms with E-state index in [1.54, 1.807) is 6.92 Å². The molecule has 0 radical (unpaired) electrons. The summed E-state index contributed by atoms with van der Waals surface area (Å²) >= 11 is 0. The fourth-order valence-corrected chi connectivity index (χ4v) is 5.68. The van der Waals surface area contributed by atoms with E-state index in [0.29, 0.717) is 0 Å². The average molecular weight is 660 g/mol. The minimum absolute atomic E-state index is 0.108. The molecule has 1 aliphatic carbocycles. The van der Waals surface area contributed by atoms with Crippen LogP contribution in [0.3, 0.4) is 0 Å². The Balaban J connectivity index is 1.77. The van der Waals surface area contributed by atoms with E-state index >= 15 is 0 Å². The van der Waals surface area contributed by atoms with Gasteiger partial charge < -0.3 is 97.6 Å². The van der Waals surface area contributed by atoms with E-state index in [1.165, 1.54) is 0 Å². The molecule has 0 aromatic heterocycles. The number of hydrogen-bond donors (Lipinski definition) is 12. The molecule has 2 heterocycles. The lowest BCUT2D eigenvalue weighted by Crippen LogP contribution is -2.66. The first kappa shape index (κ1) is 38.7. The van der Waals surface area contributed by atoms with E-state index in [4.69, 9.17) is 61.8 Å². The van der Waals surface area contributed by atoms with Crippen molar-refractivity contribution in [2.45, 2.75) is 117 Å². The lowest BCUT2D eigenvalue weighted by molar-refractivity contribution is -0.297. The summed E-state index contributed by atoms with van der Waals surface area (Å²) < 4.78 is 40.9. The van der Waals surface area contributed by atoms with Gasteiger partial charge in [0.25, 0.3) is 0 Å². The van der Waals surface area contributed by atoms with Crippen LogP contribution >= 0.6 is 0 Å². The molecule has 17 atom stereocenters. The van der Waals surface area contributed by atoms with Gasteiger partial charge in [-0.1, -0.05) is 0 Å². The summed E-state index contributed by atoms with van der Waals surface area (Å²) in [6.07, 6.45) is -15.4. The summed E-state index contributed by atoms with van der Waals surface area (Å²) in [5, 5.41) is 71.1. The number of aliphatic hydroxyl groups excluding tert-OH is 7. The Morgan fingerprint density at radius 1 is 0.756 bits per heavy atom. The van der Waals surface area contributed by atoms with Crippen LogP contribution in [0.15, 0.2) is 0 Å². The quantitative estimate of drug-likeness (QED) is 0.0684. The van der Waals surface area contributed by atoms with Gasteiger partial charge in [-0.25, -0.2) is 0 Å². The zero-order valence-electron chi connectivity index (χ0n) is 25.3. The van der Waals surface area contributed by atoms with Crippen molar-refractivity contribution in [3.8, 4) is 0 Å². The summed E-state index contributed by atoms with van der Waals surface area (Å²) in [5.41, 5.74) is 30.3. The zero-order chi connectivity index (χ0) is 33.4. The van der Waals surface area contributed by atoms with Crippen LogP contribution in [0.4, 0.5) is 0 Å². The standard InChI is InChI=1S/C26H53N5O14/c1-2-39-15(9-42-26-17(31)22(38)19(35)12(6-27)44-26)25(40-4-3-32)45-24-18(34)10(28)5-11(29)23(24)41-8-14-16(30)21(37)20(36)13(7-33)43-14/h10-26,32-38H,2-9,27-31H2,1H3/t10-,11?,12?,13?,14+,15?,16?,17?,18?,19-,20-,21?,22?,23-,24?,25?,26+/m1/s1. The molecule has 19 heteroatoms. The molecule has 11 unspecified atom stereocenters. The van der Waals surface area contributed by atoms with Gasteiger partial charge in [0.15, 0.2) is 12.6 Å². The second-order valence-electron chi connectivity index (χ2n) is 11.5. The van der Waals surface area contributed by atoms with Crippen LogP contribution in [0.5, 0.6) is 0 Å². The third-order valence-electron chi connectivity index (χ3n) is 8.36. The molecule has 2 saturated heterocycles. The maximum atomic E-state index is 11.1. The highest BCUT2D eigenvalue weighted by atomic mass is 16.7. The van der Waals surface area contributed by atoms with Crippen molar-refractivity contribution in [3.05, 3.63) is 0 Å². The summed E-state index contributed by atoms with van der Waals surface area (Å²) in [5.74, 6) is 0. The number of ether oxygens (including phenoxy) is 7. The minimum Gasteiger partial charge on any atom is -0.394 e. The summed E-state index contributed by atoms with van der Waals surface area (Å²) in [7, 11) is 0. The summed E-state index contributed by atoms with van der Waals surface area (Å²) in [6.45, 7) is 0.0629. The molecule has 0 amide bonds. The van der Waals surface area contributed by atoms with Gasteiger partial charge in [-0.3, -0.25) is 0 Å². The number of nitrogens with two attached hydrogens (primary N) is 5. The monoisotopic (exact) mass is 659 g/mol. The first-order chi connectivity index (χ1) is 21.4. The Morgan fingerprint density at radius 3 is 2.04 bits per heavy atom. The largest absolute Gasteiger partial charge is 0.394 e. The fraction of sp³-hybridized carbons (Fsp3) is 1.00. The van der Waals surface area contributed by atoms with E-state index in [9.17, 15) is 35.7 Å². The SMILES string of the molecule is CCOC(CO[C@H]1OC(CN)[C@@H](O)C(O)C1N)C(OCCO)OC1C(O)[C@H](N)CC(N)[C@H]1OC[C@@H]1OC(CO)[C@@H](O)C(O)C1N. The molecule has 0 bridgehead atoms. The molecule has 17 N–H and O–H groups in total. The smallest absolute Gasteiger partial charge is 0.186 e. The van der Waals surface area contributed by atoms with Crippen molar-refractivity contribution in [1.29, 1.82) is 0 Å². The molecule has 45 heavy (non-hydrogen) atoms. The van der Waals surface area contributed by atoms with Gasteiger partial charge in [-0.2, -0.15) is 0 Å². The number of hydrogen-bond acceptors (Lipinski definition) is 19. The van der Waals surface area contributed by atoms with Crippen LogP contribution in [0.2, 0.25) is 0 Å². The van der Waals surface area contributed by atoms with Crippen LogP contribution in [0.1, 0.15) is 13.3 Å². The highest BCUT2D eigenvalue weighted by Gasteiger charge is 2.48. The maximum absolute atomic E-state index is 11.1. The highest BCUT2D eigenvalue weighted by Crippen LogP contribution is 2.29. The van der Waals surface area contributed by atoms with Gasteiger partial charge in [-0.05, 0) is 13.3 Å². The van der Waals surface area contributed by atoms with Crippen molar-refractivity contribution in [1.82, 2.24) is 0 Å². The second-order valence-corrected chi connectivity index (χ2v) is 11.5. The summed E-state index contributed by atoms with van der Waals surface area (Å²) in [4.78, 5) is 0. The van der Waals surface area contributed by atoms with Gasteiger partial charge in [0.1, 0.15) is 54.9 Å². The molecule has 19 nitrogen and oxygen atoms in total. The number of aliphatic hydroxyl groups is 7. The van der Waals surface area contributed by atoms with Crippen molar-refractivity contribution in [2.24, 2.45) is 28.7 Å². The first-order valence-electron chi connectivity index (χ1n) is 15.2. The maximum Gasteiger partial charge on any atom is 0.186 e. The predicted octanol–water partition coefficient (Wildman–Crippen LogP) is -7.53. The lowest BCUT2D eigenvalue weighted by Gasteiger charge is -2.45. The zero-order valence-corrected chi connectivity index (χ0v) is 25.3. The Hall–Kier alpha value is -0.760. The van der Waals surface area contributed by atoms with Crippen molar-refractivity contribution in [3.63, 3.8) is 0 Å². The fourth-order valence-electron chi connectivity index (χ4n) is 5.68. The topological polar surface area (TPSA) is 336 Å². The van der Waals surface area contributed by atoms with E-state index in [1.807, 2.05) is 0 Å².